The molecule has 2 aromatic rings. The third-order valence-corrected chi connectivity index (χ3v) is 4.21. The number of benzene rings is 2. The Labute approximate surface area is 149 Å². The number of esters is 1. The Hall–Kier alpha value is -3.11. The van der Waals surface area contributed by atoms with E-state index in [0.29, 0.717) is 5.56 Å². The molecule has 138 valence electrons. The van der Waals surface area contributed by atoms with Crippen molar-refractivity contribution in [1.29, 1.82) is 0 Å². The second-order valence-corrected chi connectivity index (χ2v) is 6.80. The number of carbonyl (C=O) groups is 2. The highest BCUT2D eigenvalue weighted by Crippen LogP contribution is 2.23. The Bertz CT molecular complexity index is 924. The lowest BCUT2D eigenvalue weighted by molar-refractivity contribution is -0.124. The maximum absolute atomic E-state index is 11.8. The summed E-state index contributed by atoms with van der Waals surface area (Å²) in [6.45, 7) is -0.486. The van der Waals surface area contributed by atoms with E-state index in [1.807, 2.05) is 0 Å². The number of primary sulfonamides is 1. The van der Waals surface area contributed by atoms with Gasteiger partial charge in [0.2, 0.25) is 10.0 Å². The summed E-state index contributed by atoms with van der Waals surface area (Å²) in [6.07, 6.45) is 0. The van der Waals surface area contributed by atoms with Crippen LogP contribution in [0.1, 0.15) is 15.9 Å². The van der Waals surface area contributed by atoms with E-state index in [9.17, 15) is 23.1 Å². The number of hydrogen-bond acceptors (Lipinski definition) is 7. The molecule has 0 heterocycles. The maximum atomic E-state index is 11.8. The van der Waals surface area contributed by atoms with E-state index in [2.05, 4.69) is 5.32 Å². The van der Waals surface area contributed by atoms with Crippen LogP contribution in [-0.4, -0.2) is 37.1 Å². The van der Waals surface area contributed by atoms with E-state index in [-0.39, 0.29) is 22.8 Å². The molecule has 9 nitrogen and oxygen atoms in total. The lowest BCUT2D eigenvalue weighted by atomic mass is 10.2. The number of phenolic OH excluding ortho intramolecular Hbond substituents is 2. The van der Waals surface area contributed by atoms with Crippen LogP contribution in [0.3, 0.4) is 0 Å². The predicted molar refractivity (Wildman–Crippen MR) is 89.7 cm³/mol. The van der Waals surface area contributed by atoms with Gasteiger partial charge in [-0.05, 0) is 29.8 Å². The molecule has 0 spiro atoms. The number of phenols is 2. The van der Waals surface area contributed by atoms with Crippen LogP contribution in [0.5, 0.6) is 11.5 Å². The molecule has 26 heavy (non-hydrogen) atoms. The number of carbonyl (C=O) groups excluding carboxylic acids is 2. The first-order valence-corrected chi connectivity index (χ1v) is 8.79. The van der Waals surface area contributed by atoms with Gasteiger partial charge in [-0.2, -0.15) is 0 Å². The molecule has 2 rings (SSSR count). The first-order valence-electron chi connectivity index (χ1n) is 7.24. The number of sulfonamides is 1. The van der Waals surface area contributed by atoms with Crippen LogP contribution >= 0.6 is 0 Å². The Morgan fingerprint density at radius 3 is 2.31 bits per heavy atom. The zero-order valence-corrected chi connectivity index (χ0v) is 14.2. The quantitative estimate of drug-likeness (QED) is 0.522. The standard InChI is InChI=1S/C16H16N2O7S/c17-26(23,24)12-4-1-10(2-5-12)8-18-15(21)9-25-16(22)13-6-3-11(19)7-14(13)20/h1-7,19-20H,8-9H2,(H,18,21)(H2,17,23,24). The summed E-state index contributed by atoms with van der Waals surface area (Å²) < 4.78 is 27.1. The van der Waals surface area contributed by atoms with Crippen LogP contribution in [0.25, 0.3) is 0 Å². The molecular formula is C16H16N2O7S. The molecule has 5 N–H and O–H groups in total. The van der Waals surface area contributed by atoms with E-state index >= 15 is 0 Å². The van der Waals surface area contributed by atoms with E-state index in [4.69, 9.17) is 15.0 Å². The molecule has 0 bridgehead atoms. The normalized spacial score (nSPS) is 11.0. The van der Waals surface area contributed by atoms with Crippen molar-refractivity contribution in [3.8, 4) is 11.5 Å². The molecule has 0 aliphatic carbocycles. The third kappa shape index (κ3) is 5.19. The van der Waals surface area contributed by atoms with Gasteiger partial charge in [0.05, 0.1) is 4.90 Å². The molecule has 0 saturated heterocycles. The monoisotopic (exact) mass is 380 g/mol. The fraction of sp³-hybridized carbons (Fsp3) is 0.125. The van der Waals surface area contributed by atoms with Crippen molar-refractivity contribution in [3.63, 3.8) is 0 Å². The van der Waals surface area contributed by atoms with Gasteiger partial charge in [-0.15, -0.1) is 0 Å². The van der Waals surface area contributed by atoms with Crippen molar-refractivity contribution in [3.05, 3.63) is 53.6 Å². The van der Waals surface area contributed by atoms with Crippen LogP contribution in [0.2, 0.25) is 0 Å². The van der Waals surface area contributed by atoms with Crippen LogP contribution in [0.15, 0.2) is 47.4 Å². The highest BCUT2D eigenvalue weighted by molar-refractivity contribution is 7.89. The highest BCUT2D eigenvalue weighted by Gasteiger charge is 2.15. The van der Waals surface area contributed by atoms with E-state index in [0.717, 1.165) is 12.1 Å². The topological polar surface area (TPSA) is 156 Å². The molecule has 0 radical (unpaired) electrons. The predicted octanol–water partition coefficient (Wildman–Crippen LogP) is 0.218. The van der Waals surface area contributed by atoms with Crippen LogP contribution < -0.4 is 10.5 Å². The lowest BCUT2D eigenvalue weighted by Crippen LogP contribution is -2.28. The number of aromatic hydroxyl groups is 2. The van der Waals surface area contributed by atoms with Crippen LogP contribution in [0, 0.1) is 0 Å². The molecule has 0 saturated carbocycles. The summed E-state index contributed by atoms with van der Waals surface area (Å²) in [7, 11) is -3.78. The van der Waals surface area contributed by atoms with Gasteiger partial charge in [0, 0.05) is 12.6 Å². The minimum Gasteiger partial charge on any atom is -0.508 e. The van der Waals surface area contributed by atoms with E-state index in [1.54, 1.807) is 0 Å². The fourth-order valence-corrected chi connectivity index (χ4v) is 2.47. The Kier molecular flexibility index (Phi) is 5.80. The summed E-state index contributed by atoms with van der Waals surface area (Å²) in [5, 5.41) is 26.2. The second kappa shape index (κ2) is 7.85. The highest BCUT2D eigenvalue weighted by atomic mass is 32.2. The van der Waals surface area contributed by atoms with Crippen molar-refractivity contribution in [1.82, 2.24) is 5.32 Å². The van der Waals surface area contributed by atoms with Gasteiger partial charge in [0.25, 0.3) is 5.91 Å². The molecule has 0 atom stereocenters. The number of nitrogens with two attached hydrogens (primary N) is 1. The molecule has 1 amide bonds. The molecule has 0 aromatic heterocycles. The average molecular weight is 380 g/mol. The van der Waals surface area contributed by atoms with E-state index in [1.165, 1.54) is 30.3 Å². The zero-order valence-electron chi connectivity index (χ0n) is 13.4. The van der Waals surface area contributed by atoms with Crippen LogP contribution in [0.4, 0.5) is 0 Å². The minimum absolute atomic E-state index is 0.0461. The Morgan fingerprint density at radius 1 is 1.08 bits per heavy atom. The Morgan fingerprint density at radius 2 is 1.73 bits per heavy atom. The smallest absolute Gasteiger partial charge is 0.342 e. The Balaban J connectivity index is 1.84. The lowest BCUT2D eigenvalue weighted by Gasteiger charge is -2.08. The van der Waals surface area contributed by atoms with Crippen LogP contribution in [-0.2, 0) is 26.1 Å². The number of hydrogen-bond donors (Lipinski definition) is 4. The van der Waals surface area contributed by atoms with Gasteiger partial charge in [-0.1, -0.05) is 12.1 Å². The zero-order chi connectivity index (χ0) is 19.3. The summed E-state index contributed by atoms with van der Waals surface area (Å²) >= 11 is 0. The van der Waals surface area contributed by atoms with Crippen molar-refractivity contribution >= 4 is 21.9 Å². The number of ether oxygens (including phenoxy) is 1. The van der Waals surface area contributed by atoms with Gasteiger partial charge in [-0.3, -0.25) is 4.79 Å². The minimum atomic E-state index is -3.78. The summed E-state index contributed by atoms with van der Waals surface area (Å²) in [5.41, 5.74) is 0.433. The molecule has 0 unspecified atom stereocenters. The summed E-state index contributed by atoms with van der Waals surface area (Å²) in [6, 6.07) is 8.93. The van der Waals surface area contributed by atoms with Crippen molar-refractivity contribution in [2.75, 3.05) is 6.61 Å². The van der Waals surface area contributed by atoms with Crippen molar-refractivity contribution in [2.24, 2.45) is 5.14 Å². The number of amides is 1. The molecule has 2 aromatic carbocycles. The van der Waals surface area contributed by atoms with Crippen molar-refractivity contribution in [2.45, 2.75) is 11.4 Å². The number of rotatable bonds is 6. The largest absolute Gasteiger partial charge is 0.508 e. The maximum Gasteiger partial charge on any atom is 0.342 e. The molecule has 10 heteroatoms. The fourth-order valence-electron chi connectivity index (χ4n) is 1.95. The first kappa shape index (κ1) is 19.2. The summed E-state index contributed by atoms with van der Waals surface area (Å²) in [4.78, 5) is 23.4. The number of nitrogens with one attached hydrogen (secondary N) is 1. The average Bonchev–Trinajstić information content (AvgIpc) is 2.57. The third-order valence-electron chi connectivity index (χ3n) is 3.28. The van der Waals surface area contributed by atoms with Gasteiger partial charge in [-0.25, -0.2) is 18.4 Å². The van der Waals surface area contributed by atoms with Gasteiger partial charge in [0.1, 0.15) is 17.1 Å². The molecule has 0 aliphatic rings. The van der Waals surface area contributed by atoms with Gasteiger partial charge in [0.15, 0.2) is 6.61 Å². The van der Waals surface area contributed by atoms with Crippen molar-refractivity contribution < 1.29 is 33.0 Å². The first-order chi connectivity index (χ1) is 12.2. The van der Waals surface area contributed by atoms with Gasteiger partial charge < -0.3 is 20.3 Å². The van der Waals surface area contributed by atoms with Gasteiger partial charge >= 0.3 is 5.97 Å². The van der Waals surface area contributed by atoms with E-state index < -0.39 is 34.3 Å². The molecule has 0 aliphatic heterocycles. The SMILES string of the molecule is NS(=O)(=O)c1ccc(CNC(=O)COC(=O)c2ccc(O)cc2O)cc1. The second-order valence-electron chi connectivity index (χ2n) is 5.24. The summed E-state index contributed by atoms with van der Waals surface area (Å²) in [5.74, 6) is -2.20. The molecular weight excluding hydrogens is 364 g/mol. The molecule has 0 fully saturated rings.